The van der Waals surface area contributed by atoms with Gasteiger partial charge in [-0.25, -0.2) is 4.98 Å². The third-order valence-electron chi connectivity index (χ3n) is 2.41. The molecule has 1 heterocycles. The van der Waals surface area contributed by atoms with E-state index in [0.717, 1.165) is 22.2 Å². The number of benzene rings is 1. The molecule has 0 N–H and O–H groups in total. The Labute approximate surface area is 95.5 Å². The third-order valence-corrected chi connectivity index (χ3v) is 2.41. The Morgan fingerprint density at radius 2 is 1.88 bits per heavy atom. The minimum absolute atomic E-state index is 0.925. The van der Waals surface area contributed by atoms with Crippen molar-refractivity contribution in [1.29, 1.82) is 0 Å². The molecule has 0 atom stereocenters. The predicted octanol–water partition coefficient (Wildman–Crippen LogP) is 3.99. The number of aromatic nitrogens is 1. The highest BCUT2D eigenvalue weighted by Gasteiger charge is 1.99. The standard InChI is InChI=1S/C15H13N/c1-3-7-12(4-2)15-11-10-13-8-5-6-9-14(13)16-15/h3-11H,1-2H2/b12-7+. The number of allylic oxidation sites excluding steroid dienone is 4. The minimum atomic E-state index is 0.925. The predicted molar refractivity (Wildman–Crippen MR) is 70.1 cm³/mol. The van der Waals surface area contributed by atoms with E-state index in [4.69, 9.17) is 0 Å². The van der Waals surface area contributed by atoms with Crippen LogP contribution >= 0.6 is 0 Å². The molecule has 0 saturated carbocycles. The number of nitrogens with zero attached hydrogens (tertiary/aromatic N) is 1. The maximum Gasteiger partial charge on any atom is 0.0709 e. The summed E-state index contributed by atoms with van der Waals surface area (Å²) in [4.78, 5) is 4.58. The summed E-state index contributed by atoms with van der Waals surface area (Å²) in [5.41, 5.74) is 2.91. The van der Waals surface area contributed by atoms with Gasteiger partial charge in [-0.2, -0.15) is 0 Å². The average molecular weight is 207 g/mol. The molecule has 0 fully saturated rings. The molecule has 0 aliphatic rings. The Balaban J connectivity index is 2.58. The molecule has 0 radical (unpaired) electrons. The van der Waals surface area contributed by atoms with E-state index in [9.17, 15) is 0 Å². The van der Waals surface area contributed by atoms with E-state index < -0.39 is 0 Å². The molecule has 1 aromatic carbocycles. The molecule has 78 valence electrons. The lowest BCUT2D eigenvalue weighted by molar-refractivity contribution is 1.35. The zero-order valence-electron chi connectivity index (χ0n) is 9.06. The summed E-state index contributed by atoms with van der Waals surface area (Å²) >= 11 is 0. The summed E-state index contributed by atoms with van der Waals surface area (Å²) in [6, 6.07) is 12.1. The quantitative estimate of drug-likeness (QED) is 0.693. The van der Waals surface area contributed by atoms with Crippen LogP contribution in [-0.4, -0.2) is 4.98 Å². The van der Waals surface area contributed by atoms with Gasteiger partial charge in [0.15, 0.2) is 0 Å². The normalized spacial score (nSPS) is 11.4. The zero-order valence-corrected chi connectivity index (χ0v) is 9.06. The largest absolute Gasteiger partial charge is 0.248 e. The molecule has 0 saturated heterocycles. The van der Waals surface area contributed by atoms with Gasteiger partial charge in [-0.1, -0.05) is 55.7 Å². The summed E-state index contributed by atoms with van der Waals surface area (Å²) in [7, 11) is 0. The summed E-state index contributed by atoms with van der Waals surface area (Å²) in [5.74, 6) is 0. The van der Waals surface area contributed by atoms with Crippen molar-refractivity contribution in [1.82, 2.24) is 4.98 Å². The van der Waals surface area contributed by atoms with Gasteiger partial charge in [-0.15, -0.1) is 0 Å². The molecular weight excluding hydrogens is 194 g/mol. The van der Waals surface area contributed by atoms with Crippen LogP contribution in [0.2, 0.25) is 0 Å². The Morgan fingerprint density at radius 1 is 1.06 bits per heavy atom. The zero-order chi connectivity index (χ0) is 11.4. The van der Waals surface area contributed by atoms with Gasteiger partial charge >= 0.3 is 0 Å². The summed E-state index contributed by atoms with van der Waals surface area (Å²) in [6.07, 6.45) is 5.44. The lowest BCUT2D eigenvalue weighted by Gasteiger charge is -2.02. The second-order valence-corrected chi connectivity index (χ2v) is 3.45. The van der Waals surface area contributed by atoms with Crippen LogP contribution in [0.1, 0.15) is 5.69 Å². The first-order valence-corrected chi connectivity index (χ1v) is 5.16. The first-order valence-electron chi connectivity index (χ1n) is 5.16. The Kier molecular flexibility index (Phi) is 2.97. The van der Waals surface area contributed by atoms with E-state index in [-0.39, 0.29) is 0 Å². The lowest BCUT2D eigenvalue weighted by atomic mass is 10.1. The topological polar surface area (TPSA) is 12.9 Å². The molecule has 0 aliphatic heterocycles. The van der Waals surface area contributed by atoms with Crippen molar-refractivity contribution in [2.24, 2.45) is 0 Å². The number of para-hydroxylation sites is 1. The molecular formula is C15H13N. The van der Waals surface area contributed by atoms with Crippen molar-refractivity contribution in [2.75, 3.05) is 0 Å². The fraction of sp³-hybridized carbons (Fsp3) is 0. The van der Waals surface area contributed by atoms with Gasteiger partial charge in [0.05, 0.1) is 11.2 Å². The van der Waals surface area contributed by atoms with Crippen LogP contribution in [0.15, 0.2) is 67.8 Å². The maximum atomic E-state index is 4.58. The highest BCUT2D eigenvalue weighted by molar-refractivity contribution is 5.82. The van der Waals surface area contributed by atoms with Crippen molar-refractivity contribution in [2.45, 2.75) is 0 Å². The monoisotopic (exact) mass is 207 g/mol. The molecule has 2 aromatic rings. The van der Waals surface area contributed by atoms with E-state index in [2.05, 4.69) is 30.3 Å². The molecule has 1 aromatic heterocycles. The Hall–Kier alpha value is -2.15. The highest BCUT2D eigenvalue weighted by atomic mass is 14.7. The van der Waals surface area contributed by atoms with Gasteiger partial charge in [-0.05, 0) is 17.7 Å². The van der Waals surface area contributed by atoms with Gasteiger partial charge in [0.25, 0.3) is 0 Å². The maximum absolute atomic E-state index is 4.58. The Bertz CT molecular complexity index is 564. The summed E-state index contributed by atoms with van der Waals surface area (Å²) < 4.78 is 0. The van der Waals surface area contributed by atoms with Gasteiger partial charge in [0, 0.05) is 5.39 Å². The van der Waals surface area contributed by atoms with Crippen LogP contribution < -0.4 is 0 Å². The molecule has 0 spiro atoms. The second kappa shape index (κ2) is 4.58. The fourth-order valence-electron chi connectivity index (χ4n) is 1.61. The van der Waals surface area contributed by atoms with Crippen molar-refractivity contribution in [3.8, 4) is 0 Å². The van der Waals surface area contributed by atoms with Crippen molar-refractivity contribution < 1.29 is 0 Å². The van der Waals surface area contributed by atoms with Crippen LogP contribution in [0.3, 0.4) is 0 Å². The van der Waals surface area contributed by atoms with Crippen LogP contribution in [-0.2, 0) is 0 Å². The van der Waals surface area contributed by atoms with Crippen molar-refractivity contribution in [3.63, 3.8) is 0 Å². The molecule has 2 rings (SSSR count). The summed E-state index contributed by atoms with van der Waals surface area (Å²) in [6.45, 7) is 7.46. The molecule has 1 nitrogen and oxygen atoms in total. The molecule has 16 heavy (non-hydrogen) atoms. The number of hydrogen-bond acceptors (Lipinski definition) is 1. The first-order chi connectivity index (χ1) is 7.85. The van der Waals surface area contributed by atoms with Crippen LogP contribution in [0, 0.1) is 0 Å². The second-order valence-electron chi connectivity index (χ2n) is 3.45. The van der Waals surface area contributed by atoms with E-state index in [1.165, 1.54) is 0 Å². The molecule has 0 unspecified atom stereocenters. The Morgan fingerprint density at radius 3 is 2.62 bits per heavy atom. The van der Waals surface area contributed by atoms with Crippen LogP contribution in [0.5, 0.6) is 0 Å². The average Bonchev–Trinajstić information content (AvgIpc) is 2.35. The van der Waals surface area contributed by atoms with E-state index in [0.29, 0.717) is 0 Å². The SMILES string of the molecule is C=C/C=C(\C=C)c1ccc2ccccc2n1. The van der Waals surface area contributed by atoms with E-state index in [1.54, 1.807) is 12.2 Å². The third kappa shape index (κ3) is 1.94. The number of hydrogen-bond donors (Lipinski definition) is 0. The van der Waals surface area contributed by atoms with E-state index >= 15 is 0 Å². The van der Waals surface area contributed by atoms with E-state index in [1.807, 2.05) is 30.3 Å². The van der Waals surface area contributed by atoms with Gasteiger partial charge < -0.3 is 0 Å². The number of rotatable bonds is 3. The van der Waals surface area contributed by atoms with Crippen LogP contribution in [0.25, 0.3) is 16.5 Å². The molecule has 1 heteroatoms. The van der Waals surface area contributed by atoms with Crippen LogP contribution in [0.4, 0.5) is 0 Å². The first kappa shape index (κ1) is 10.4. The highest BCUT2D eigenvalue weighted by Crippen LogP contribution is 2.18. The van der Waals surface area contributed by atoms with Crippen molar-refractivity contribution >= 4 is 16.5 Å². The number of fused-ring (bicyclic) bond motifs is 1. The fourth-order valence-corrected chi connectivity index (χ4v) is 1.61. The van der Waals surface area contributed by atoms with Gasteiger partial charge in [-0.3, -0.25) is 0 Å². The van der Waals surface area contributed by atoms with Crippen molar-refractivity contribution in [3.05, 3.63) is 73.5 Å². The molecule has 0 bridgehead atoms. The van der Waals surface area contributed by atoms with Gasteiger partial charge in [0.2, 0.25) is 0 Å². The minimum Gasteiger partial charge on any atom is -0.248 e. The molecule has 0 amide bonds. The smallest absolute Gasteiger partial charge is 0.0709 e. The number of pyridine rings is 1. The lowest BCUT2D eigenvalue weighted by Crippen LogP contribution is -1.87. The summed E-state index contributed by atoms with van der Waals surface area (Å²) in [5, 5.41) is 1.15. The van der Waals surface area contributed by atoms with Gasteiger partial charge in [0.1, 0.15) is 0 Å². The molecule has 0 aliphatic carbocycles.